The number of carbonyl (C=O) groups is 1. The molecular formula is C22H21NO3. The lowest BCUT2D eigenvalue weighted by Crippen LogP contribution is -2.28. The van der Waals surface area contributed by atoms with Crippen molar-refractivity contribution in [2.24, 2.45) is 0 Å². The second-order valence-corrected chi connectivity index (χ2v) is 7.85. The minimum atomic E-state index is -0.307. The largest absolute Gasteiger partial charge is 0.425 e. The van der Waals surface area contributed by atoms with Gasteiger partial charge in [0.15, 0.2) is 0 Å². The topological polar surface area (TPSA) is 59.2 Å². The average Bonchev–Trinajstić information content (AvgIpc) is 2.60. The lowest BCUT2D eigenvalue weighted by Gasteiger charge is -2.26. The molecular weight excluding hydrogens is 326 g/mol. The van der Waals surface area contributed by atoms with Crippen LogP contribution in [0.15, 0.2) is 53.3 Å². The first-order valence-electron chi connectivity index (χ1n) is 8.80. The van der Waals surface area contributed by atoms with Crippen LogP contribution in [0.1, 0.15) is 49.8 Å². The van der Waals surface area contributed by atoms with Gasteiger partial charge in [-0.3, -0.25) is 9.59 Å². The van der Waals surface area contributed by atoms with Crippen LogP contribution in [-0.2, 0) is 10.2 Å². The summed E-state index contributed by atoms with van der Waals surface area (Å²) < 4.78 is 5.50. The van der Waals surface area contributed by atoms with Crippen LogP contribution in [0, 0.1) is 0 Å². The van der Waals surface area contributed by atoms with Gasteiger partial charge in [0.25, 0.3) is 5.56 Å². The molecule has 4 nitrogen and oxygen atoms in total. The second kappa shape index (κ2) is 5.84. The summed E-state index contributed by atoms with van der Waals surface area (Å²) in [6.45, 7) is 6.48. The number of nitrogens with one attached hydrogen (secondary N) is 1. The van der Waals surface area contributed by atoms with Crippen LogP contribution >= 0.6 is 0 Å². The number of esters is 1. The van der Waals surface area contributed by atoms with Crippen LogP contribution in [0.3, 0.4) is 0 Å². The Morgan fingerprint density at radius 1 is 1.00 bits per heavy atom. The van der Waals surface area contributed by atoms with Gasteiger partial charge in [-0.25, -0.2) is 0 Å². The number of ether oxygens (including phenoxy) is 1. The number of fused-ring (bicyclic) bond motifs is 3. The smallest absolute Gasteiger partial charge is 0.312 e. The zero-order valence-electron chi connectivity index (χ0n) is 15.1. The molecule has 1 N–H and O–H groups in total. The van der Waals surface area contributed by atoms with Gasteiger partial charge in [-0.1, -0.05) is 57.2 Å². The Bertz CT molecular complexity index is 1060. The minimum absolute atomic E-state index is 0.0512. The normalized spacial score (nSPS) is 17.0. The van der Waals surface area contributed by atoms with Gasteiger partial charge in [0.2, 0.25) is 0 Å². The highest BCUT2D eigenvalue weighted by molar-refractivity contribution is 5.91. The first-order valence-corrected chi connectivity index (χ1v) is 8.80. The Kier molecular flexibility index (Phi) is 3.72. The highest BCUT2D eigenvalue weighted by Gasteiger charge is 2.32. The van der Waals surface area contributed by atoms with E-state index < -0.39 is 0 Å². The fourth-order valence-electron chi connectivity index (χ4n) is 3.58. The first-order chi connectivity index (χ1) is 12.3. The predicted molar refractivity (Wildman–Crippen MR) is 102 cm³/mol. The molecule has 1 aromatic heterocycles. The van der Waals surface area contributed by atoms with Crippen molar-refractivity contribution in [3.8, 4) is 5.75 Å². The zero-order valence-corrected chi connectivity index (χ0v) is 15.1. The van der Waals surface area contributed by atoms with Gasteiger partial charge in [-0.2, -0.15) is 0 Å². The van der Waals surface area contributed by atoms with Crippen molar-refractivity contribution < 1.29 is 9.53 Å². The number of pyridine rings is 1. The van der Waals surface area contributed by atoms with E-state index in [-0.39, 0.29) is 29.3 Å². The van der Waals surface area contributed by atoms with Crippen LogP contribution in [0.5, 0.6) is 5.75 Å². The third-order valence-electron chi connectivity index (χ3n) is 5.02. The number of H-pyrrole nitrogens is 1. The second-order valence-electron chi connectivity index (χ2n) is 7.85. The summed E-state index contributed by atoms with van der Waals surface area (Å²) >= 11 is 0. The molecule has 1 unspecified atom stereocenters. The summed E-state index contributed by atoms with van der Waals surface area (Å²) in [5, 5.41) is 0.756. The molecule has 0 saturated carbocycles. The van der Waals surface area contributed by atoms with Crippen LogP contribution in [0.25, 0.3) is 10.9 Å². The van der Waals surface area contributed by atoms with E-state index in [9.17, 15) is 9.59 Å². The Balaban J connectivity index is 1.89. The number of hydrogen-bond acceptors (Lipinski definition) is 3. The Labute approximate surface area is 151 Å². The van der Waals surface area contributed by atoms with Gasteiger partial charge in [0.1, 0.15) is 5.75 Å². The van der Waals surface area contributed by atoms with E-state index >= 15 is 0 Å². The van der Waals surface area contributed by atoms with Crippen molar-refractivity contribution in [2.45, 2.75) is 38.5 Å². The van der Waals surface area contributed by atoms with Gasteiger partial charge >= 0.3 is 5.97 Å². The van der Waals surface area contributed by atoms with Gasteiger partial charge in [0.05, 0.1) is 17.5 Å². The molecule has 4 heteroatoms. The van der Waals surface area contributed by atoms with Crippen LogP contribution in [0.2, 0.25) is 0 Å². The predicted octanol–water partition coefficient (Wildman–Crippen LogP) is 4.27. The minimum Gasteiger partial charge on any atom is -0.425 e. The number of aromatic amines is 1. The summed E-state index contributed by atoms with van der Waals surface area (Å²) in [6, 6.07) is 15.6. The van der Waals surface area contributed by atoms with Gasteiger partial charge in [-0.15, -0.1) is 0 Å². The lowest BCUT2D eigenvalue weighted by molar-refractivity contribution is -0.135. The monoisotopic (exact) mass is 347 g/mol. The summed E-state index contributed by atoms with van der Waals surface area (Å²) in [7, 11) is 0. The third kappa shape index (κ3) is 2.71. The molecule has 0 radical (unpaired) electrons. The summed E-state index contributed by atoms with van der Waals surface area (Å²) in [4.78, 5) is 27.9. The van der Waals surface area contributed by atoms with Gasteiger partial charge in [-0.05, 0) is 28.7 Å². The van der Waals surface area contributed by atoms with Crippen LogP contribution < -0.4 is 10.3 Å². The van der Waals surface area contributed by atoms with E-state index in [1.807, 2.05) is 36.4 Å². The molecule has 132 valence electrons. The van der Waals surface area contributed by atoms with Crippen molar-refractivity contribution in [1.82, 2.24) is 4.98 Å². The molecule has 0 bridgehead atoms. The molecule has 0 spiro atoms. The average molecular weight is 347 g/mol. The van der Waals surface area contributed by atoms with Gasteiger partial charge < -0.3 is 9.72 Å². The fourth-order valence-corrected chi connectivity index (χ4v) is 3.58. The first kappa shape index (κ1) is 16.6. The maximum Gasteiger partial charge on any atom is 0.312 e. The van der Waals surface area contributed by atoms with Gasteiger partial charge in [0, 0.05) is 11.3 Å². The molecule has 4 rings (SSSR count). The number of benzene rings is 2. The van der Waals surface area contributed by atoms with Crippen molar-refractivity contribution in [2.75, 3.05) is 0 Å². The number of rotatable bonds is 1. The molecule has 3 aromatic rings. The van der Waals surface area contributed by atoms with E-state index in [1.165, 1.54) is 5.56 Å². The standard InChI is InChI=1S/C22H21NO3/c1-22(2,3)14-10-8-13(9-11-14)16-12-18(24)26-20-15-6-4-5-7-17(15)23-21(25)19(16)20/h4-11,16H,12H2,1-3H3,(H,23,25). The third-order valence-corrected chi connectivity index (χ3v) is 5.02. The Morgan fingerprint density at radius 3 is 2.38 bits per heavy atom. The SMILES string of the molecule is CC(C)(C)c1ccc(C2CC(=O)Oc3c2c(=O)[nH]c2ccccc32)cc1. The van der Waals surface area contributed by atoms with E-state index in [0.29, 0.717) is 16.8 Å². The molecule has 2 heterocycles. The molecule has 2 aromatic carbocycles. The summed E-state index contributed by atoms with van der Waals surface area (Å²) in [5.41, 5.74) is 3.23. The zero-order chi connectivity index (χ0) is 18.5. The van der Waals surface area contributed by atoms with E-state index in [4.69, 9.17) is 4.74 Å². The quantitative estimate of drug-likeness (QED) is 0.669. The molecule has 0 amide bonds. The Morgan fingerprint density at radius 2 is 1.69 bits per heavy atom. The van der Waals surface area contributed by atoms with Crippen molar-refractivity contribution >= 4 is 16.9 Å². The number of aromatic nitrogens is 1. The molecule has 1 atom stereocenters. The molecule has 1 aliphatic rings. The molecule has 0 fully saturated rings. The van der Waals surface area contributed by atoms with Crippen molar-refractivity contribution in [1.29, 1.82) is 0 Å². The number of hydrogen-bond donors (Lipinski definition) is 1. The van der Waals surface area contributed by atoms with E-state index in [1.54, 1.807) is 0 Å². The molecule has 0 saturated heterocycles. The maximum atomic E-state index is 12.7. The summed E-state index contributed by atoms with van der Waals surface area (Å²) in [6.07, 6.45) is 0.170. The molecule has 0 aliphatic carbocycles. The highest BCUT2D eigenvalue weighted by Crippen LogP contribution is 2.40. The van der Waals surface area contributed by atoms with Crippen LogP contribution in [0.4, 0.5) is 0 Å². The van der Waals surface area contributed by atoms with Crippen molar-refractivity contribution in [3.05, 3.63) is 75.6 Å². The highest BCUT2D eigenvalue weighted by atomic mass is 16.5. The molecule has 1 aliphatic heterocycles. The van der Waals surface area contributed by atoms with Crippen LogP contribution in [-0.4, -0.2) is 11.0 Å². The van der Waals surface area contributed by atoms with E-state index in [0.717, 1.165) is 10.9 Å². The number of para-hydroxylation sites is 1. The Hall–Kier alpha value is -2.88. The fraction of sp³-hybridized carbons (Fsp3) is 0.273. The maximum absolute atomic E-state index is 12.7. The summed E-state index contributed by atoms with van der Waals surface area (Å²) in [5.74, 6) is -0.211. The van der Waals surface area contributed by atoms with Crippen molar-refractivity contribution in [3.63, 3.8) is 0 Å². The van der Waals surface area contributed by atoms with E-state index in [2.05, 4.69) is 37.9 Å². The lowest BCUT2D eigenvalue weighted by atomic mass is 9.82. The number of carbonyl (C=O) groups excluding carboxylic acids is 1. The molecule has 26 heavy (non-hydrogen) atoms.